The molecule has 4 heteroatoms. The zero-order valence-electron chi connectivity index (χ0n) is 7.98. The molecular weight excluding hydrogens is 198 g/mol. The normalized spacial score (nSPS) is 10.4. The highest BCUT2D eigenvalue weighted by molar-refractivity contribution is 7.99. The molecule has 0 fully saturated rings. The lowest BCUT2D eigenvalue weighted by molar-refractivity contribution is 0.103. The molecule has 1 rings (SSSR count). The van der Waals surface area contributed by atoms with Crippen LogP contribution in [0.2, 0.25) is 0 Å². The fourth-order valence-corrected chi connectivity index (χ4v) is 1.71. The molecule has 14 heavy (non-hydrogen) atoms. The Morgan fingerprint density at radius 2 is 1.93 bits per heavy atom. The minimum Gasteiger partial charge on any atom is -0.399 e. The summed E-state index contributed by atoms with van der Waals surface area (Å²) in [5.41, 5.74) is 6.34. The maximum Gasteiger partial charge on any atom is 0.0698 e. The molecule has 3 N–H and O–H groups in total. The summed E-state index contributed by atoms with van der Waals surface area (Å²) in [7, 11) is 0. The van der Waals surface area contributed by atoms with Gasteiger partial charge in [-0.1, -0.05) is 0 Å². The first-order chi connectivity index (χ1) is 6.83. The first kappa shape index (κ1) is 11.4. The van der Waals surface area contributed by atoms with E-state index in [9.17, 15) is 0 Å². The van der Waals surface area contributed by atoms with Crippen molar-refractivity contribution in [2.75, 3.05) is 31.3 Å². The van der Waals surface area contributed by atoms with E-state index in [1.54, 1.807) is 11.8 Å². The Kier molecular flexibility index (Phi) is 5.44. The lowest BCUT2D eigenvalue weighted by Crippen LogP contribution is -2.02. The number of aliphatic hydroxyl groups is 1. The summed E-state index contributed by atoms with van der Waals surface area (Å²) in [6.07, 6.45) is 0. The number of benzene rings is 1. The lowest BCUT2D eigenvalue weighted by atomic mass is 10.3. The Labute approximate surface area is 88.3 Å². The zero-order valence-corrected chi connectivity index (χ0v) is 8.80. The van der Waals surface area contributed by atoms with Crippen molar-refractivity contribution in [3.8, 4) is 0 Å². The average molecular weight is 213 g/mol. The monoisotopic (exact) mass is 213 g/mol. The van der Waals surface area contributed by atoms with Crippen molar-refractivity contribution >= 4 is 17.4 Å². The van der Waals surface area contributed by atoms with Crippen molar-refractivity contribution in [3.05, 3.63) is 24.3 Å². The molecule has 0 spiro atoms. The van der Waals surface area contributed by atoms with E-state index < -0.39 is 0 Å². The van der Waals surface area contributed by atoms with E-state index in [1.165, 1.54) is 4.90 Å². The predicted octanol–water partition coefficient (Wildman–Crippen LogP) is 1.37. The van der Waals surface area contributed by atoms with Gasteiger partial charge in [0.05, 0.1) is 19.8 Å². The molecular formula is C10H15NO2S. The molecule has 0 saturated carbocycles. The van der Waals surface area contributed by atoms with Crippen LogP contribution in [0.1, 0.15) is 0 Å². The van der Waals surface area contributed by atoms with Gasteiger partial charge in [-0.15, -0.1) is 11.8 Å². The highest BCUT2D eigenvalue weighted by Crippen LogP contribution is 2.18. The molecule has 0 saturated heterocycles. The lowest BCUT2D eigenvalue weighted by Gasteiger charge is -2.02. The summed E-state index contributed by atoms with van der Waals surface area (Å²) in [5.74, 6) is 0.893. The second-order valence-electron chi connectivity index (χ2n) is 2.75. The number of hydrogen-bond acceptors (Lipinski definition) is 4. The van der Waals surface area contributed by atoms with Gasteiger partial charge in [0.25, 0.3) is 0 Å². The number of thioether (sulfide) groups is 1. The molecule has 3 nitrogen and oxygen atoms in total. The minimum absolute atomic E-state index is 0.0898. The summed E-state index contributed by atoms with van der Waals surface area (Å²) in [6, 6.07) is 7.76. The van der Waals surface area contributed by atoms with Crippen LogP contribution < -0.4 is 5.73 Å². The predicted molar refractivity (Wildman–Crippen MR) is 59.5 cm³/mol. The molecule has 0 aliphatic rings. The first-order valence-corrected chi connectivity index (χ1v) is 5.48. The van der Waals surface area contributed by atoms with Gasteiger partial charge in [-0.25, -0.2) is 0 Å². The fourth-order valence-electron chi connectivity index (χ4n) is 0.949. The van der Waals surface area contributed by atoms with E-state index in [-0.39, 0.29) is 6.61 Å². The van der Waals surface area contributed by atoms with Crippen LogP contribution in [0.15, 0.2) is 29.2 Å². The second-order valence-corrected chi connectivity index (χ2v) is 3.92. The van der Waals surface area contributed by atoms with E-state index >= 15 is 0 Å². The smallest absolute Gasteiger partial charge is 0.0698 e. The SMILES string of the molecule is Nc1ccc(SCCOCCO)cc1. The Bertz CT molecular complexity index is 251. The molecule has 1 aromatic rings. The van der Waals surface area contributed by atoms with E-state index in [0.717, 1.165) is 11.4 Å². The van der Waals surface area contributed by atoms with Crippen molar-refractivity contribution in [1.29, 1.82) is 0 Å². The first-order valence-electron chi connectivity index (χ1n) is 4.50. The number of anilines is 1. The van der Waals surface area contributed by atoms with Crippen LogP contribution >= 0.6 is 11.8 Å². The molecule has 0 amide bonds. The highest BCUT2D eigenvalue weighted by atomic mass is 32.2. The third kappa shape index (κ3) is 4.50. The third-order valence-corrected chi connectivity index (χ3v) is 2.59. The molecule has 0 radical (unpaired) electrons. The number of rotatable bonds is 6. The third-order valence-electron chi connectivity index (χ3n) is 1.61. The van der Waals surface area contributed by atoms with E-state index in [2.05, 4.69) is 0 Å². The van der Waals surface area contributed by atoms with Crippen molar-refractivity contribution in [1.82, 2.24) is 0 Å². The number of hydrogen-bond donors (Lipinski definition) is 2. The van der Waals surface area contributed by atoms with Crippen molar-refractivity contribution in [3.63, 3.8) is 0 Å². The summed E-state index contributed by atoms with van der Waals surface area (Å²) in [5, 5.41) is 8.47. The molecule has 1 aromatic carbocycles. The summed E-state index contributed by atoms with van der Waals surface area (Å²) >= 11 is 1.72. The van der Waals surface area contributed by atoms with Gasteiger partial charge in [0.1, 0.15) is 0 Å². The van der Waals surface area contributed by atoms with Gasteiger partial charge in [0.15, 0.2) is 0 Å². The quantitative estimate of drug-likeness (QED) is 0.426. The maximum absolute atomic E-state index is 8.47. The molecule has 0 heterocycles. The van der Waals surface area contributed by atoms with Crippen LogP contribution in [0.25, 0.3) is 0 Å². The van der Waals surface area contributed by atoms with Crippen molar-refractivity contribution in [2.45, 2.75) is 4.90 Å². The summed E-state index contributed by atoms with van der Waals surface area (Å²) in [6.45, 7) is 1.17. The summed E-state index contributed by atoms with van der Waals surface area (Å²) < 4.78 is 5.13. The average Bonchev–Trinajstić information content (AvgIpc) is 2.21. The molecule has 0 unspecified atom stereocenters. The molecule has 78 valence electrons. The molecule has 0 atom stereocenters. The van der Waals surface area contributed by atoms with E-state index in [1.807, 2.05) is 24.3 Å². The van der Waals surface area contributed by atoms with E-state index in [4.69, 9.17) is 15.6 Å². The standard InChI is InChI=1S/C10H15NO2S/c11-9-1-3-10(4-2-9)14-8-7-13-6-5-12/h1-4,12H,5-8,11H2. The number of nitrogen functional groups attached to an aromatic ring is 1. The molecule has 0 aromatic heterocycles. The molecule has 0 aliphatic carbocycles. The number of nitrogens with two attached hydrogens (primary N) is 1. The highest BCUT2D eigenvalue weighted by Gasteiger charge is 1.93. The second kappa shape index (κ2) is 6.70. The molecule has 0 bridgehead atoms. The van der Waals surface area contributed by atoms with Gasteiger partial charge in [-0.2, -0.15) is 0 Å². The maximum atomic E-state index is 8.47. The van der Waals surface area contributed by atoms with Gasteiger partial charge in [-0.05, 0) is 24.3 Å². The van der Waals surface area contributed by atoms with Crippen LogP contribution in [0.4, 0.5) is 5.69 Å². The largest absolute Gasteiger partial charge is 0.399 e. The topological polar surface area (TPSA) is 55.5 Å². The number of aliphatic hydroxyl groups excluding tert-OH is 1. The fraction of sp³-hybridized carbons (Fsp3) is 0.400. The Morgan fingerprint density at radius 3 is 2.57 bits per heavy atom. The van der Waals surface area contributed by atoms with Gasteiger partial charge in [-0.3, -0.25) is 0 Å². The van der Waals surface area contributed by atoms with Gasteiger partial charge in [0, 0.05) is 16.3 Å². The minimum atomic E-state index is 0.0898. The van der Waals surface area contributed by atoms with Crippen LogP contribution in [0.3, 0.4) is 0 Å². The van der Waals surface area contributed by atoms with Crippen LogP contribution in [0, 0.1) is 0 Å². The van der Waals surface area contributed by atoms with Gasteiger partial charge in [0.2, 0.25) is 0 Å². The van der Waals surface area contributed by atoms with Gasteiger partial charge < -0.3 is 15.6 Å². The Balaban J connectivity index is 2.15. The zero-order chi connectivity index (χ0) is 10.2. The summed E-state index contributed by atoms with van der Waals surface area (Å²) in [4.78, 5) is 1.19. The molecule has 0 aliphatic heterocycles. The Morgan fingerprint density at radius 1 is 1.21 bits per heavy atom. The Hall–Kier alpha value is -0.710. The van der Waals surface area contributed by atoms with Crippen LogP contribution in [-0.2, 0) is 4.74 Å². The van der Waals surface area contributed by atoms with Gasteiger partial charge >= 0.3 is 0 Å². The van der Waals surface area contributed by atoms with E-state index in [0.29, 0.717) is 13.2 Å². The van der Waals surface area contributed by atoms with Crippen molar-refractivity contribution in [2.24, 2.45) is 0 Å². The van der Waals surface area contributed by atoms with Crippen LogP contribution in [-0.4, -0.2) is 30.7 Å². The van der Waals surface area contributed by atoms with Crippen molar-refractivity contribution < 1.29 is 9.84 Å². The number of ether oxygens (including phenoxy) is 1. The van der Waals surface area contributed by atoms with Crippen LogP contribution in [0.5, 0.6) is 0 Å².